The van der Waals surface area contributed by atoms with E-state index in [1.165, 1.54) is 32.1 Å². The first-order valence-electron chi connectivity index (χ1n) is 9.07. The Balaban J connectivity index is 0.00000243. The molecule has 0 heterocycles. The summed E-state index contributed by atoms with van der Waals surface area (Å²) in [6.45, 7) is 1.37. The van der Waals surface area contributed by atoms with Crippen LogP contribution in [0.25, 0.3) is 10.8 Å². The monoisotopic (exact) mass is 377 g/mol. The van der Waals surface area contributed by atoms with E-state index in [0.717, 1.165) is 17.3 Å². The Morgan fingerprint density at radius 3 is 2.54 bits per heavy atom. The Kier molecular flexibility index (Phi) is 7.54. The Morgan fingerprint density at radius 1 is 1.15 bits per heavy atom. The van der Waals surface area contributed by atoms with Crippen LogP contribution in [0.5, 0.6) is 5.75 Å². The highest BCUT2D eigenvalue weighted by molar-refractivity contribution is 6.07. The van der Waals surface area contributed by atoms with Crippen LogP contribution < -0.4 is 21.1 Å². The maximum Gasteiger partial charge on any atom is 0.255 e. The number of fused-ring (bicyclic) bond motifs is 1. The lowest BCUT2D eigenvalue weighted by Crippen LogP contribution is -2.38. The fourth-order valence-electron chi connectivity index (χ4n) is 3.62. The molecule has 142 valence electrons. The van der Waals surface area contributed by atoms with E-state index in [1.54, 1.807) is 13.2 Å². The molecule has 2 aromatic rings. The number of nitrogens with two attached hydrogens (primary N) is 1. The van der Waals surface area contributed by atoms with Crippen molar-refractivity contribution in [2.24, 2.45) is 0 Å². The van der Waals surface area contributed by atoms with Gasteiger partial charge < -0.3 is 21.1 Å². The van der Waals surface area contributed by atoms with Crippen molar-refractivity contribution < 1.29 is 9.53 Å². The van der Waals surface area contributed by atoms with E-state index in [-0.39, 0.29) is 18.3 Å². The van der Waals surface area contributed by atoms with Crippen molar-refractivity contribution in [2.75, 3.05) is 25.9 Å². The third-order valence-corrected chi connectivity index (χ3v) is 4.92. The summed E-state index contributed by atoms with van der Waals surface area (Å²) in [5.74, 6) is 0.419. The molecule has 1 amide bonds. The maximum absolute atomic E-state index is 12.6. The van der Waals surface area contributed by atoms with Crippen LogP contribution in [0.3, 0.4) is 0 Å². The smallest absolute Gasteiger partial charge is 0.255 e. The third kappa shape index (κ3) is 4.59. The average molecular weight is 378 g/mol. The lowest BCUT2D eigenvalue weighted by molar-refractivity contribution is 0.0950. The highest BCUT2D eigenvalue weighted by Gasteiger charge is 2.17. The summed E-state index contributed by atoms with van der Waals surface area (Å²) in [6.07, 6.45) is 6.43. The average Bonchev–Trinajstić information content (AvgIpc) is 2.66. The summed E-state index contributed by atoms with van der Waals surface area (Å²) in [7, 11) is 1.58. The molecule has 0 unspecified atom stereocenters. The Hall–Kier alpha value is -1.98. The summed E-state index contributed by atoms with van der Waals surface area (Å²) in [5.41, 5.74) is 7.19. The minimum Gasteiger partial charge on any atom is -0.495 e. The van der Waals surface area contributed by atoms with Crippen LogP contribution in [-0.2, 0) is 0 Å². The number of carbonyl (C=O) groups is 1. The SMILES string of the molecule is COc1c(C(=O)NCCNC2CCCCC2)cc(N)c2ccccc12.Cl. The van der Waals surface area contributed by atoms with Crippen molar-refractivity contribution >= 4 is 34.8 Å². The molecule has 6 heteroatoms. The number of amides is 1. The van der Waals surface area contributed by atoms with Crippen LogP contribution in [0, 0.1) is 0 Å². The molecular weight excluding hydrogens is 350 g/mol. The Morgan fingerprint density at radius 2 is 1.85 bits per heavy atom. The number of benzene rings is 2. The van der Waals surface area contributed by atoms with Crippen LogP contribution in [-0.4, -0.2) is 32.1 Å². The van der Waals surface area contributed by atoms with Gasteiger partial charge in [-0.1, -0.05) is 43.5 Å². The molecular formula is C20H28ClN3O2. The van der Waals surface area contributed by atoms with Crippen molar-refractivity contribution in [3.63, 3.8) is 0 Å². The van der Waals surface area contributed by atoms with E-state index in [9.17, 15) is 4.79 Å². The zero-order chi connectivity index (χ0) is 17.6. The largest absolute Gasteiger partial charge is 0.495 e. The molecule has 0 bridgehead atoms. The minimum atomic E-state index is -0.153. The van der Waals surface area contributed by atoms with E-state index >= 15 is 0 Å². The van der Waals surface area contributed by atoms with Gasteiger partial charge in [0.25, 0.3) is 5.91 Å². The van der Waals surface area contributed by atoms with Gasteiger partial charge in [-0.2, -0.15) is 0 Å². The number of ether oxygens (including phenoxy) is 1. The van der Waals surface area contributed by atoms with Crippen LogP contribution >= 0.6 is 12.4 Å². The topological polar surface area (TPSA) is 76.4 Å². The van der Waals surface area contributed by atoms with Gasteiger partial charge in [-0.25, -0.2) is 0 Å². The van der Waals surface area contributed by atoms with Gasteiger partial charge >= 0.3 is 0 Å². The second kappa shape index (κ2) is 9.64. The molecule has 1 fully saturated rings. The van der Waals surface area contributed by atoms with Gasteiger partial charge in [0, 0.05) is 35.6 Å². The Labute approximate surface area is 161 Å². The molecule has 5 nitrogen and oxygen atoms in total. The highest BCUT2D eigenvalue weighted by Crippen LogP contribution is 2.33. The van der Waals surface area contributed by atoms with Gasteiger partial charge in [-0.3, -0.25) is 4.79 Å². The van der Waals surface area contributed by atoms with Crippen molar-refractivity contribution in [3.05, 3.63) is 35.9 Å². The lowest BCUT2D eigenvalue weighted by Gasteiger charge is -2.23. The van der Waals surface area contributed by atoms with Gasteiger partial charge in [0.2, 0.25) is 0 Å². The number of hydrogen-bond acceptors (Lipinski definition) is 4. The third-order valence-electron chi connectivity index (χ3n) is 4.92. The second-order valence-corrected chi connectivity index (χ2v) is 6.64. The first kappa shape index (κ1) is 20.3. The van der Waals surface area contributed by atoms with Gasteiger partial charge in [-0.05, 0) is 18.9 Å². The molecule has 1 saturated carbocycles. The number of nitrogen functional groups attached to an aromatic ring is 1. The fourth-order valence-corrected chi connectivity index (χ4v) is 3.62. The number of carbonyl (C=O) groups excluding carboxylic acids is 1. The summed E-state index contributed by atoms with van der Waals surface area (Å²) in [5, 5.41) is 8.25. The predicted octanol–water partition coefficient (Wildman–Crippen LogP) is 3.50. The molecule has 1 aliphatic rings. The number of anilines is 1. The number of halogens is 1. The summed E-state index contributed by atoms with van der Waals surface area (Å²) >= 11 is 0. The predicted molar refractivity (Wildman–Crippen MR) is 109 cm³/mol. The van der Waals surface area contributed by atoms with E-state index in [1.807, 2.05) is 24.3 Å². The standard InChI is InChI=1S/C20H27N3O2.ClH/c1-25-19-16-10-6-5-9-15(16)18(21)13-17(19)20(24)23-12-11-22-14-7-3-2-4-8-14;/h5-6,9-10,13-14,22H,2-4,7-8,11-12,21H2,1H3,(H,23,24);1H. The van der Waals surface area contributed by atoms with Gasteiger partial charge in [-0.15, -0.1) is 12.4 Å². The van der Waals surface area contributed by atoms with Crippen molar-refractivity contribution in [3.8, 4) is 5.75 Å². The molecule has 0 aromatic heterocycles. The normalized spacial score (nSPS) is 14.7. The molecule has 4 N–H and O–H groups in total. The number of nitrogens with one attached hydrogen (secondary N) is 2. The van der Waals surface area contributed by atoms with E-state index in [4.69, 9.17) is 10.5 Å². The minimum absolute atomic E-state index is 0. The quantitative estimate of drug-likeness (QED) is 0.532. The molecule has 3 rings (SSSR count). The number of hydrogen-bond donors (Lipinski definition) is 3. The molecule has 0 atom stereocenters. The summed E-state index contributed by atoms with van der Waals surface area (Å²) in [4.78, 5) is 12.6. The van der Waals surface area contributed by atoms with Gasteiger partial charge in [0.15, 0.2) is 0 Å². The Bertz CT molecular complexity index is 745. The van der Waals surface area contributed by atoms with E-state index < -0.39 is 0 Å². The first-order chi connectivity index (χ1) is 12.2. The molecule has 0 aliphatic heterocycles. The van der Waals surface area contributed by atoms with Gasteiger partial charge in [0.05, 0.1) is 12.7 Å². The van der Waals surface area contributed by atoms with E-state index in [0.29, 0.717) is 29.6 Å². The van der Waals surface area contributed by atoms with E-state index in [2.05, 4.69) is 10.6 Å². The fraction of sp³-hybridized carbons (Fsp3) is 0.450. The molecule has 0 radical (unpaired) electrons. The molecule has 0 saturated heterocycles. The first-order valence-corrected chi connectivity index (χ1v) is 9.07. The molecule has 26 heavy (non-hydrogen) atoms. The number of rotatable bonds is 6. The summed E-state index contributed by atoms with van der Waals surface area (Å²) in [6, 6.07) is 9.99. The zero-order valence-electron chi connectivity index (χ0n) is 15.2. The van der Waals surface area contributed by atoms with Crippen LogP contribution in [0.15, 0.2) is 30.3 Å². The lowest BCUT2D eigenvalue weighted by atomic mass is 9.95. The molecule has 0 spiro atoms. The highest BCUT2D eigenvalue weighted by atomic mass is 35.5. The van der Waals surface area contributed by atoms with Crippen molar-refractivity contribution in [1.82, 2.24) is 10.6 Å². The van der Waals surface area contributed by atoms with Crippen LogP contribution in [0.1, 0.15) is 42.5 Å². The van der Waals surface area contributed by atoms with Gasteiger partial charge in [0.1, 0.15) is 5.75 Å². The van der Waals surface area contributed by atoms with Crippen LogP contribution in [0.2, 0.25) is 0 Å². The van der Waals surface area contributed by atoms with Crippen molar-refractivity contribution in [1.29, 1.82) is 0 Å². The zero-order valence-corrected chi connectivity index (χ0v) is 16.0. The molecule has 1 aliphatic carbocycles. The second-order valence-electron chi connectivity index (χ2n) is 6.64. The maximum atomic E-state index is 12.6. The summed E-state index contributed by atoms with van der Waals surface area (Å²) < 4.78 is 5.50. The van der Waals surface area contributed by atoms with Crippen molar-refractivity contribution in [2.45, 2.75) is 38.1 Å². The number of methoxy groups -OCH3 is 1. The van der Waals surface area contributed by atoms with Crippen LogP contribution in [0.4, 0.5) is 5.69 Å². The molecule has 2 aromatic carbocycles.